The maximum absolute atomic E-state index is 13.0. The van der Waals surface area contributed by atoms with Crippen molar-refractivity contribution in [2.24, 2.45) is 0 Å². The van der Waals surface area contributed by atoms with Gasteiger partial charge in [-0.05, 0) is 86.3 Å². The van der Waals surface area contributed by atoms with Gasteiger partial charge in [0.25, 0.3) is 0 Å². The third kappa shape index (κ3) is 7.89. The molecule has 182 valence electrons. The van der Waals surface area contributed by atoms with Crippen LogP contribution in [0.2, 0.25) is 0 Å². The smallest absolute Gasteiger partial charge is 0.147 e. The van der Waals surface area contributed by atoms with E-state index in [0.29, 0.717) is 30.6 Å². The number of allylic oxidation sites excluding steroid dienone is 2. The van der Waals surface area contributed by atoms with Crippen LogP contribution in [0.1, 0.15) is 68.2 Å². The van der Waals surface area contributed by atoms with Crippen LogP contribution in [0.5, 0.6) is 0 Å². The summed E-state index contributed by atoms with van der Waals surface area (Å²) >= 11 is 0. The van der Waals surface area contributed by atoms with Gasteiger partial charge >= 0.3 is 0 Å². The van der Waals surface area contributed by atoms with Gasteiger partial charge in [0.1, 0.15) is 5.78 Å². The van der Waals surface area contributed by atoms with Crippen molar-refractivity contribution in [1.82, 2.24) is 9.80 Å². The molecule has 35 heavy (non-hydrogen) atoms. The van der Waals surface area contributed by atoms with E-state index in [1.54, 1.807) is 0 Å². The summed E-state index contributed by atoms with van der Waals surface area (Å²) in [6.07, 6.45) is 4.44. The summed E-state index contributed by atoms with van der Waals surface area (Å²) in [5.41, 5.74) is 6.25. The highest BCUT2D eigenvalue weighted by Crippen LogP contribution is 2.38. The van der Waals surface area contributed by atoms with Crippen LogP contribution in [-0.4, -0.2) is 48.3 Å². The van der Waals surface area contributed by atoms with Crippen molar-refractivity contribution in [3.8, 4) is 12.1 Å². The summed E-state index contributed by atoms with van der Waals surface area (Å²) < 4.78 is 0. The molecule has 0 saturated heterocycles. The second-order valence-corrected chi connectivity index (χ2v) is 9.21. The van der Waals surface area contributed by atoms with E-state index >= 15 is 0 Å². The quantitative estimate of drug-likeness (QED) is 0.363. The molecule has 5 heteroatoms. The minimum Gasteiger partial charge on any atom is -0.304 e. The van der Waals surface area contributed by atoms with E-state index in [0.717, 1.165) is 63.0 Å². The van der Waals surface area contributed by atoms with Crippen LogP contribution in [0.3, 0.4) is 0 Å². The van der Waals surface area contributed by atoms with E-state index in [9.17, 15) is 10.1 Å². The topological polar surface area (TPSA) is 71.1 Å². The Hall–Kier alpha value is -3.25. The van der Waals surface area contributed by atoms with Gasteiger partial charge in [0.2, 0.25) is 0 Å². The Bertz CT molecular complexity index is 1100. The van der Waals surface area contributed by atoms with Crippen molar-refractivity contribution in [3.63, 3.8) is 0 Å². The number of Topliss-reactive ketones (excluding diaryl/α,β-unsaturated/α-hetero) is 1. The predicted molar refractivity (Wildman–Crippen MR) is 140 cm³/mol. The Labute approximate surface area is 210 Å². The first-order valence-corrected chi connectivity index (χ1v) is 12.7. The Morgan fingerprint density at radius 2 is 1.63 bits per heavy atom. The van der Waals surface area contributed by atoms with Gasteiger partial charge in [0, 0.05) is 19.5 Å². The lowest BCUT2D eigenvalue weighted by molar-refractivity contribution is -0.120. The third-order valence-corrected chi connectivity index (χ3v) is 6.88. The zero-order chi connectivity index (χ0) is 25.0. The zero-order valence-corrected chi connectivity index (χ0v) is 21.1. The lowest BCUT2D eigenvalue weighted by atomic mass is 9.81. The molecule has 0 aromatic heterocycles. The average molecular weight is 469 g/mol. The molecule has 0 amide bonds. The predicted octanol–water partition coefficient (Wildman–Crippen LogP) is 5.56. The van der Waals surface area contributed by atoms with Crippen LogP contribution >= 0.6 is 0 Å². The number of carbonyl (C=O) groups is 1. The maximum atomic E-state index is 13.0. The van der Waals surface area contributed by atoms with E-state index in [4.69, 9.17) is 5.26 Å². The molecule has 0 spiro atoms. The monoisotopic (exact) mass is 468 g/mol. The summed E-state index contributed by atoms with van der Waals surface area (Å²) in [5.74, 6) is 0.269. The highest BCUT2D eigenvalue weighted by molar-refractivity contribution is 5.82. The number of carbonyl (C=O) groups excluding carboxylic acids is 1. The van der Waals surface area contributed by atoms with Crippen molar-refractivity contribution in [1.29, 1.82) is 10.5 Å². The highest BCUT2D eigenvalue weighted by atomic mass is 16.1. The molecular formula is C30H36N4O. The lowest BCUT2D eigenvalue weighted by Crippen LogP contribution is -2.33. The minimum absolute atomic E-state index is 0.269. The van der Waals surface area contributed by atoms with Gasteiger partial charge in [-0.2, -0.15) is 10.5 Å². The zero-order valence-electron chi connectivity index (χ0n) is 21.1. The molecule has 5 nitrogen and oxygen atoms in total. The lowest BCUT2D eigenvalue weighted by Gasteiger charge is -2.26. The van der Waals surface area contributed by atoms with Gasteiger partial charge in [-0.1, -0.05) is 43.7 Å². The molecular weight excluding hydrogens is 432 g/mol. The Morgan fingerprint density at radius 3 is 2.26 bits per heavy atom. The molecule has 1 aliphatic rings. The number of hydrogen-bond donors (Lipinski definition) is 0. The number of benzene rings is 2. The van der Waals surface area contributed by atoms with Crippen LogP contribution in [0.25, 0.3) is 5.57 Å². The second kappa shape index (κ2) is 13.6. The summed E-state index contributed by atoms with van der Waals surface area (Å²) in [4.78, 5) is 17.6. The Morgan fingerprint density at radius 1 is 0.914 bits per heavy atom. The number of ketones is 1. The molecule has 3 rings (SSSR count). The molecule has 0 N–H and O–H groups in total. The maximum Gasteiger partial charge on any atom is 0.147 e. The number of nitrogens with zero attached hydrogens (tertiary/aromatic N) is 4. The standard InChI is InChI=1S/C30H36N4O/c1-3-33(4-2)17-6-18-34(22-25-11-9-24(20-31)10-12-25)23-29(35)15-13-27-14-16-30(27)28-8-5-7-26(19-28)21-32/h5,7-12,19H,3-4,6,13-18,22-23H2,1-2H3. The van der Waals surface area contributed by atoms with Crippen LogP contribution in [-0.2, 0) is 11.3 Å². The van der Waals surface area contributed by atoms with Crippen molar-refractivity contribution >= 4 is 11.4 Å². The number of hydrogen-bond acceptors (Lipinski definition) is 5. The first kappa shape index (κ1) is 26.4. The minimum atomic E-state index is 0.269. The third-order valence-electron chi connectivity index (χ3n) is 6.88. The molecule has 1 aliphatic carbocycles. The largest absolute Gasteiger partial charge is 0.304 e. The number of rotatable bonds is 14. The molecule has 0 aliphatic heterocycles. The van der Waals surface area contributed by atoms with Gasteiger partial charge in [-0.3, -0.25) is 9.69 Å². The molecule has 0 heterocycles. The first-order chi connectivity index (χ1) is 17.1. The molecule has 0 bridgehead atoms. The molecule has 2 aromatic rings. The molecule has 0 fully saturated rings. The Balaban J connectivity index is 1.59. The summed E-state index contributed by atoms with van der Waals surface area (Å²) in [6, 6.07) is 19.8. The SMILES string of the molecule is CCN(CC)CCCN(CC(=O)CCC1=C(c2cccc(C#N)c2)CC1)Cc1ccc(C#N)cc1. The van der Waals surface area contributed by atoms with E-state index in [1.165, 1.54) is 11.1 Å². The fourth-order valence-electron chi connectivity index (χ4n) is 4.66. The van der Waals surface area contributed by atoms with Crippen LogP contribution in [0, 0.1) is 22.7 Å². The second-order valence-electron chi connectivity index (χ2n) is 9.21. The molecule has 0 unspecified atom stereocenters. The van der Waals surface area contributed by atoms with Crippen molar-refractivity contribution in [2.75, 3.05) is 32.7 Å². The van der Waals surface area contributed by atoms with Crippen molar-refractivity contribution in [3.05, 3.63) is 76.4 Å². The van der Waals surface area contributed by atoms with E-state index in [1.807, 2.05) is 42.5 Å². The molecule has 0 atom stereocenters. The Kier molecular flexibility index (Phi) is 10.2. The van der Waals surface area contributed by atoms with Crippen molar-refractivity contribution in [2.45, 2.75) is 52.5 Å². The van der Waals surface area contributed by atoms with Gasteiger partial charge in [-0.15, -0.1) is 0 Å². The molecule has 0 radical (unpaired) electrons. The summed E-state index contributed by atoms with van der Waals surface area (Å²) in [7, 11) is 0. The summed E-state index contributed by atoms with van der Waals surface area (Å²) in [6.45, 7) is 9.51. The first-order valence-electron chi connectivity index (χ1n) is 12.7. The van der Waals surface area contributed by atoms with Gasteiger partial charge < -0.3 is 4.90 Å². The van der Waals surface area contributed by atoms with Crippen LogP contribution < -0.4 is 0 Å². The fraction of sp³-hybridized carbons (Fsp3) is 0.433. The van der Waals surface area contributed by atoms with Gasteiger partial charge in [-0.25, -0.2) is 0 Å². The molecule has 2 aromatic carbocycles. The van der Waals surface area contributed by atoms with Crippen LogP contribution in [0.4, 0.5) is 0 Å². The normalized spacial score (nSPS) is 13.0. The average Bonchev–Trinajstić information content (AvgIpc) is 2.86. The summed E-state index contributed by atoms with van der Waals surface area (Å²) in [5, 5.41) is 18.2. The van der Waals surface area contributed by atoms with E-state index in [-0.39, 0.29) is 5.78 Å². The van der Waals surface area contributed by atoms with E-state index < -0.39 is 0 Å². The highest BCUT2D eigenvalue weighted by Gasteiger charge is 2.20. The van der Waals surface area contributed by atoms with Gasteiger partial charge in [0.15, 0.2) is 0 Å². The van der Waals surface area contributed by atoms with Crippen molar-refractivity contribution < 1.29 is 4.79 Å². The van der Waals surface area contributed by atoms with Crippen LogP contribution in [0.15, 0.2) is 54.1 Å². The molecule has 0 saturated carbocycles. The number of nitriles is 2. The van der Waals surface area contributed by atoms with Gasteiger partial charge in [0.05, 0.1) is 29.8 Å². The fourth-order valence-corrected chi connectivity index (χ4v) is 4.66. The van der Waals surface area contributed by atoms with E-state index in [2.05, 4.69) is 41.9 Å².